The second-order valence-electron chi connectivity index (χ2n) is 7.56. The number of fused-ring (bicyclic) bond motifs is 1. The van der Waals surface area contributed by atoms with E-state index in [0.29, 0.717) is 12.2 Å². The molecule has 2 fully saturated rings. The first-order chi connectivity index (χ1) is 14.0. The number of ether oxygens (including phenoxy) is 1. The molecule has 152 valence electrons. The predicted octanol–water partition coefficient (Wildman–Crippen LogP) is 1.06. The zero-order valence-corrected chi connectivity index (χ0v) is 16.5. The second-order valence-corrected chi connectivity index (χ2v) is 7.56. The lowest BCUT2D eigenvalue weighted by molar-refractivity contribution is -0.735. The summed E-state index contributed by atoms with van der Waals surface area (Å²) in [5, 5.41) is 1.83. The molecule has 1 aromatic carbocycles. The van der Waals surface area contributed by atoms with Crippen LogP contribution in [-0.2, 0) is 25.5 Å². The molecule has 7 heteroatoms. The number of likely N-dealkylation sites (tertiary alicyclic amines) is 1. The van der Waals surface area contributed by atoms with Crippen molar-refractivity contribution >= 4 is 17.8 Å². The molecule has 0 spiro atoms. The lowest BCUT2D eigenvalue weighted by Crippen LogP contribution is -2.98. The largest absolute Gasteiger partial charge is 0.463 e. The molecule has 3 heterocycles. The Hall–Kier alpha value is -2.93. The fourth-order valence-electron chi connectivity index (χ4n) is 4.87. The van der Waals surface area contributed by atoms with Gasteiger partial charge < -0.3 is 14.5 Å². The van der Waals surface area contributed by atoms with E-state index in [1.165, 1.54) is 4.90 Å². The van der Waals surface area contributed by atoms with E-state index in [4.69, 9.17) is 9.15 Å². The summed E-state index contributed by atoms with van der Waals surface area (Å²) in [6, 6.07) is 12.6. The highest BCUT2D eigenvalue weighted by Gasteiger charge is 2.72. The summed E-state index contributed by atoms with van der Waals surface area (Å²) >= 11 is 0. The van der Waals surface area contributed by atoms with Gasteiger partial charge in [0.25, 0.3) is 0 Å². The number of hydrogen-bond donors (Lipinski definition) is 1. The molecule has 2 aliphatic heterocycles. The van der Waals surface area contributed by atoms with Gasteiger partial charge in [-0.25, -0.2) is 4.79 Å². The number of furan rings is 1. The van der Waals surface area contributed by atoms with Crippen LogP contribution >= 0.6 is 0 Å². The minimum absolute atomic E-state index is 0.200. The van der Waals surface area contributed by atoms with Crippen molar-refractivity contribution in [3.05, 3.63) is 60.1 Å². The summed E-state index contributed by atoms with van der Waals surface area (Å²) in [5.74, 6) is -1.91. The molecule has 1 aromatic heterocycles. The van der Waals surface area contributed by atoms with Crippen LogP contribution in [0.5, 0.6) is 0 Å². The summed E-state index contributed by atoms with van der Waals surface area (Å²) in [6.45, 7) is 3.99. The molecule has 0 radical (unpaired) electrons. The lowest BCUT2D eigenvalue weighted by Gasteiger charge is -2.29. The molecule has 0 bridgehead atoms. The average molecular weight is 397 g/mol. The van der Waals surface area contributed by atoms with Crippen LogP contribution in [0.3, 0.4) is 0 Å². The number of carbonyl (C=O) groups excluding carboxylic acids is 3. The molecule has 4 rings (SSSR count). The lowest BCUT2D eigenvalue weighted by atomic mass is 9.76. The predicted molar refractivity (Wildman–Crippen MR) is 102 cm³/mol. The maximum Gasteiger partial charge on any atom is 0.369 e. The number of carbonyl (C=O) groups is 3. The molecule has 29 heavy (non-hydrogen) atoms. The summed E-state index contributed by atoms with van der Waals surface area (Å²) in [5.41, 5.74) is -0.318. The van der Waals surface area contributed by atoms with Gasteiger partial charge in [-0.3, -0.25) is 14.5 Å². The fourth-order valence-corrected chi connectivity index (χ4v) is 4.87. The Balaban J connectivity index is 1.85. The van der Waals surface area contributed by atoms with Gasteiger partial charge in [-0.15, -0.1) is 0 Å². The first-order valence-electron chi connectivity index (χ1n) is 9.99. The van der Waals surface area contributed by atoms with E-state index in [-0.39, 0.29) is 25.0 Å². The topological polar surface area (TPSA) is 93.4 Å². The summed E-state index contributed by atoms with van der Waals surface area (Å²) in [7, 11) is 0. The van der Waals surface area contributed by atoms with Crippen LogP contribution in [0.4, 0.5) is 0 Å². The van der Waals surface area contributed by atoms with Crippen LogP contribution in [0.2, 0.25) is 0 Å². The highest BCUT2D eigenvalue weighted by atomic mass is 16.5. The van der Waals surface area contributed by atoms with E-state index in [1.54, 1.807) is 32.2 Å². The Morgan fingerprint density at radius 2 is 1.90 bits per heavy atom. The van der Waals surface area contributed by atoms with Gasteiger partial charge in [-0.2, -0.15) is 0 Å². The Morgan fingerprint density at radius 1 is 1.14 bits per heavy atom. The number of rotatable bonds is 6. The molecule has 0 aliphatic carbocycles. The number of nitrogens with two attached hydrogens (primary N) is 1. The number of hydrogen-bond acceptors (Lipinski definition) is 5. The highest BCUT2D eigenvalue weighted by molar-refractivity contribution is 6.08. The van der Waals surface area contributed by atoms with Gasteiger partial charge in [-0.1, -0.05) is 30.3 Å². The SMILES string of the molecule is CCOC(=O)[C@]1(Cc2ccccc2)[NH2+][C@@H](c2ccco2)[C@@H]2C(=O)N(CC)C(=O)[C@H]21. The van der Waals surface area contributed by atoms with Crippen molar-refractivity contribution in [2.45, 2.75) is 31.8 Å². The van der Waals surface area contributed by atoms with Crippen LogP contribution in [0.1, 0.15) is 31.2 Å². The molecule has 0 unspecified atom stereocenters. The minimum atomic E-state index is -1.23. The summed E-state index contributed by atoms with van der Waals surface area (Å²) in [4.78, 5) is 41.0. The third-order valence-electron chi connectivity index (χ3n) is 6.04. The highest BCUT2D eigenvalue weighted by Crippen LogP contribution is 2.45. The quantitative estimate of drug-likeness (QED) is 0.581. The zero-order valence-electron chi connectivity index (χ0n) is 16.5. The van der Waals surface area contributed by atoms with E-state index >= 15 is 0 Å². The van der Waals surface area contributed by atoms with Gasteiger partial charge in [0.15, 0.2) is 11.8 Å². The van der Waals surface area contributed by atoms with E-state index < -0.39 is 29.4 Å². The Labute approximate surface area is 169 Å². The number of esters is 1. The normalized spacial score (nSPS) is 28.6. The van der Waals surface area contributed by atoms with Crippen LogP contribution in [0, 0.1) is 11.8 Å². The van der Waals surface area contributed by atoms with Gasteiger partial charge in [0.2, 0.25) is 17.4 Å². The fraction of sp³-hybridized carbons (Fsp3) is 0.409. The minimum Gasteiger partial charge on any atom is -0.463 e. The van der Waals surface area contributed by atoms with Gasteiger partial charge in [0.05, 0.1) is 12.9 Å². The van der Waals surface area contributed by atoms with Gasteiger partial charge >= 0.3 is 5.97 Å². The van der Waals surface area contributed by atoms with Crippen molar-refractivity contribution in [1.29, 1.82) is 0 Å². The van der Waals surface area contributed by atoms with E-state index in [9.17, 15) is 14.4 Å². The maximum absolute atomic E-state index is 13.3. The van der Waals surface area contributed by atoms with Crippen molar-refractivity contribution in [2.75, 3.05) is 13.2 Å². The van der Waals surface area contributed by atoms with Crippen molar-refractivity contribution in [3.63, 3.8) is 0 Å². The summed E-state index contributed by atoms with van der Waals surface area (Å²) in [6.07, 6.45) is 1.83. The van der Waals surface area contributed by atoms with Crippen molar-refractivity contribution in [2.24, 2.45) is 11.8 Å². The molecule has 4 atom stereocenters. The Kier molecular flexibility index (Phi) is 5.00. The second kappa shape index (κ2) is 7.48. The molecule has 2 N–H and O–H groups in total. The number of quaternary nitrogens is 1. The molecule has 7 nitrogen and oxygen atoms in total. The first kappa shape index (κ1) is 19.4. The van der Waals surface area contributed by atoms with E-state index in [1.807, 2.05) is 35.6 Å². The number of amides is 2. The average Bonchev–Trinajstić information content (AvgIpc) is 3.41. The number of benzene rings is 1. The molecular formula is C22H25N2O5+. The van der Waals surface area contributed by atoms with Gasteiger partial charge in [0.1, 0.15) is 11.8 Å². The van der Waals surface area contributed by atoms with E-state index in [2.05, 4.69) is 0 Å². The van der Waals surface area contributed by atoms with Crippen molar-refractivity contribution in [3.8, 4) is 0 Å². The van der Waals surface area contributed by atoms with Crippen LogP contribution < -0.4 is 5.32 Å². The number of imide groups is 1. The Bertz CT molecular complexity index is 911. The molecular weight excluding hydrogens is 372 g/mol. The maximum atomic E-state index is 13.3. The van der Waals surface area contributed by atoms with Gasteiger partial charge in [-0.05, 0) is 31.5 Å². The van der Waals surface area contributed by atoms with E-state index in [0.717, 1.165) is 5.56 Å². The standard InChI is InChI=1S/C22H24N2O5/c1-3-24-19(25)16-17(20(24)26)22(21(27)28-4-2,13-14-9-6-5-7-10-14)23-18(16)15-11-8-12-29-15/h5-12,16-18,23H,3-4,13H2,1-2H3/p+1/t16-,17+,18+,22-/m1/s1. The third-order valence-corrected chi connectivity index (χ3v) is 6.04. The van der Waals surface area contributed by atoms with Crippen LogP contribution in [0.25, 0.3) is 0 Å². The number of nitrogens with zero attached hydrogens (tertiary/aromatic N) is 1. The molecule has 2 aromatic rings. The molecule has 2 saturated heterocycles. The van der Waals surface area contributed by atoms with Crippen LogP contribution in [-0.4, -0.2) is 41.4 Å². The Morgan fingerprint density at radius 3 is 2.52 bits per heavy atom. The molecule has 2 aliphatic rings. The smallest absolute Gasteiger partial charge is 0.369 e. The third kappa shape index (κ3) is 2.97. The summed E-state index contributed by atoms with van der Waals surface area (Å²) < 4.78 is 11.0. The molecule has 2 amide bonds. The van der Waals surface area contributed by atoms with Gasteiger partial charge in [0, 0.05) is 13.0 Å². The first-order valence-corrected chi connectivity index (χ1v) is 9.99. The van der Waals surface area contributed by atoms with Crippen LogP contribution in [0.15, 0.2) is 53.1 Å². The van der Waals surface area contributed by atoms with Crippen molar-refractivity contribution < 1.29 is 28.9 Å². The zero-order chi connectivity index (χ0) is 20.6. The molecule has 0 saturated carbocycles. The monoisotopic (exact) mass is 397 g/mol. The van der Waals surface area contributed by atoms with Crippen molar-refractivity contribution in [1.82, 2.24) is 4.90 Å².